The lowest BCUT2D eigenvalue weighted by atomic mass is 9.84. The van der Waals surface area contributed by atoms with Gasteiger partial charge in [0.15, 0.2) is 0 Å². The summed E-state index contributed by atoms with van der Waals surface area (Å²) >= 11 is 0. The molecule has 5 rings (SSSR count). The van der Waals surface area contributed by atoms with Gasteiger partial charge in [0, 0.05) is 18.9 Å². The van der Waals surface area contributed by atoms with Crippen molar-refractivity contribution in [2.24, 2.45) is 24.3 Å². The first-order valence-electron chi connectivity index (χ1n) is 9.39. The van der Waals surface area contributed by atoms with Crippen molar-refractivity contribution < 1.29 is 4.79 Å². The molecule has 1 heterocycles. The summed E-state index contributed by atoms with van der Waals surface area (Å²) in [6, 6.07) is 6.48. The molecule has 2 fully saturated rings. The Morgan fingerprint density at radius 3 is 2.88 bits per heavy atom. The molecule has 4 atom stereocenters. The number of carbonyl (C=O) groups is 1. The molecule has 2 saturated carbocycles. The number of nitrogens with zero attached hydrogens (tertiary/aromatic N) is 2. The number of anilines is 1. The average molecular weight is 335 g/mol. The van der Waals surface area contributed by atoms with Crippen LogP contribution in [0.3, 0.4) is 0 Å². The zero-order valence-electron chi connectivity index (χ0n) is 15.3. The Bertz CT molecular complexity index is 897. The standard InChI is InChI=1S/C21H25N3O/c1-11(2)21-9-8-14-17-13(18(21)19(14)21)6-5-7-16(17)22-20(25)15-10-24(4)23-12(15)3/h5-7,10-11,14,18-19H,8-9H2,1-4H3,(H,22,25)/t14?,18-,19?,21?/m1/s1. The van der Waals surface area contributed by atoms with Crippen molar-refractivity contribution in [3.8, 4) is 0 Å². The van der Waals surface area contributed by atoms with Gasteiger partial charge in [-0.05, 0) is 66.0 Å². The first-order valence-corrected chi connectivity index (χ1v) is 9.39. The lowest BCUT2D eigenvalue weighted by Gasteiger charge is -2.22. The number of aryl methyl sites for hydroxylation is 2. The van der Waals surface area contributed by atoms with Crippen LogP contribution in [0.5, 0.6) is 0 Å². The molecule has 0 spiro atoms. The van der Waals surface area contributed by atoms with Crippen LogP contribution >= 0.6 is 0 Å². The number of rotatable bonds is 3. The van der Waals surface area contributed by atoms with Gasteiger partial charge in [0.1, 0.15) is 0 Å². The summed E-state index contributed by atoms with van der Waals surface area (Å²) in [6.45, 7) is 6.65. The van der Waals surface area contributed by atoms with E-state index in [2.05, 4.69) is 42.5 Å². The van der Waals surface area contributed by atoms with Crippen LogP contribution in [0.2, 0.25) is 0 Å². The summed E-state index contributed by atoms with van der Waals surface area (Å²) < 4.78 is 1.70. The van der Waals surface area contributed by atoms with Gasteiger partial charge < -0.3 is 5.32 Å². The van der Waals surface area contributed by atoms with E-state index in [0.29, 0.717) is 16.9 Å². The SMILES string of the molecule is Cc1nn(C)cc1C(=O)Nc1cccc2c1C1CCC3(C(C)C)C1[C@@H]23. The van der Waals surface area contributed by atoms with Crippen molar-refractivity contribution in [1.29, 1.82) is 0 Å². The molecule has 3 unspecified atom stereocenters. The van der Waals surface area contributed by atoms with Crippen LogP contribution in [0.15, 0.2) is 24.4 Å². The van der Waals surface area contributed by atoms with Crippen molar-refractivity contribution in [3.05, 3.63) is 46.8 Å². The van der Waals surface area contributed by atoms with E-state index in [0.717, 1.165) is 29.1 Å². The molecule has 2 aromatic rings. The fraction of sp³-hybridized carbons (Fsp3) is 0.524. The summed E-state index contributed by atoms with van der Waals surface area (Å²) in [5, 5.41) is 7.47. The second kappa shape index (κ2) is 4.75. The molecule has 1 N–H and O–H groups in total. The molecule has 4 nitrogen and oxygen atoms in total. The van der Waals surface area contributed by atoms with E-state index >= 15 is 0 Å². The molecule has 0 saturated heterocycles. The maximum atomic E-state index is 12.8. The minimum atomic E-state index is -0.0484. The average Bonchev–Trinajstić information content (AvgIpc) is 2.77. The number of amides is 1. The van der Waals surface area contributed by atoms with Crippen molar-refractivity contribution >= 4 is 11.6 Å². The van der Waals surface area contributed by atoms with E-state index in [4.69, 9.17) is 0 Å². The Balaban J connectivity index is 1.50. The molecule has 0 bridgehead atoms. The highest BCUT2D eigenvalue weighted by atomic mass is 16.1. The van der Waals surface area contributed by atoms with Gasteiger partial charge in [-0.25, -0.2) is 0 Å². The predicted octanol–water partition coefficient (Wildman–Crippen LogP) is 4.23. The van der Waals surface area contributed by atoms with E-state index < -0.39 is 0 Å². The third kappa shape index (κ3) is 1.77. The number of benzene rings is 1. The number of nitrogens with one attached hydrogen (secondary N) is 1. The van der Waals surface area contributed by atoms with Gasteiger partial charge in [-0.15, -0.1) is 0 Å². The molecule has 4 heteroatoms. The monoisotopic (exact) mass is 335 g/mol. The Morgan fingerprint density at radius 2 is 2.20 bits per heavy atom. The zero-order valence-corrected chi connectivity index (χ0v) is 15.3. The highest BCUT2D eigenvalue weighted by molar-refractivity contribution is 6.05. The number of aromatic nitrogens is 2. The fourth-order valence-corrected chi connectivity index (χ4v) is 6.23. The van der Waals surface area contributed by atoms with Crippen molar-refractivity contribution in [2.75, 3.05) is 5.32 Å². The molecule has 130 valence electrons. The van der Waals surface area contributed by atoms with Crippen LogP contribution in [0.25, 0.3) is 0 Å². The maximum absolute atomic E-state index is 12.8. The zero-order chi connectivity index (χ0) is 17.5. The second-order valence-electron chi connectivity index (χ2n) is 8.48. The maximum Gasteiger partial charge on any atom is 0.259 e. The molecule has 1 aromatic carbocycles. The summed E-state index contributed by atoms with van der Waals surface area (Å²) in [4.78, 5) is 12.8. The Hall–Kier alpha value is -2.10. The van der Waals surface area contributed by atoms with E-state index in [1.807, 2.05) is 14.0 Å². The van der Waals surface area contributed by atoms with Crippen molar-refractivity contribution in [2.45, 2.75) is 45.4 Å². The quantitative estimate of drug-likeness (QED) is 0.912. The highest BCUT2D eigenvalue weighted by Crippen LogP contribution is 2.84. The minimum Gasteiger partial charge on any atom is -0.322 e. The van der Waals surface area contributed by atoms with Gasteiger partial charge in [0.25, 0.3) is 5.91 Å². The third-order valence-electron chi connectivity index (χ3n) is 7.20. The largest absolute Gasteiger partial charge is 0.322 e. The van der Waals surface area contributed by atoms with E-state index in [1.54, 1.807) is 10.9 Å². The Kier molecular flexibility index (Phi) is 2.88. The Morgan fingerprint density at radius 1 is 1.40 bits per heavy atom. The summed E-state index contributed by atoms with van der Waals surface area (Å²) in [7, 11) is 1.85. The summed E-state index contributed by atoms with van der Waals surface area (Å²) in [6.07, 6.45) is 4.41. The van der Waals surface area contributed by atoms with E-state index in [9.17, 15) is 4.79 Å². The number of hydrogen-bond donors (Lipinski definition) is 1. The molecule has 1 amide bonds. The van der Waals surface area contributed by atoms with Gasteiger partial charge in [0.05, 0.1) is 11.3 Å². The highest BCUT2D eigenvalue weighted by Gasteiger charge is 2.75. The number of hydrogen-bond acceptors (Lipinski definition) is 2. The first kappa shape index (κ1) is 15.2. The molecular formula is C21H25N3O. The normalized spacial score (nSPS) is 31.2. The van der Waals surface area contributed by atoms with Crippen LogP contribution in [0.1, 0.15) is 65.7 Å². The smallest absolute Gasteiger partial charge is 0.259 e. The van der Waals surface area contributed by atoms with Crippen LogP contribution in [-0.2, 0) is 7.05 Å². The molecule has 3 aliphatic rings. The van der Waals surface area contributed by atoms with Gasteiger partial charge in [0.2, 0.25) is 0 Å². The molecule has 25 heavy (non-hydrogen) atoms. The summed E-state index contributed by atoms with van der Waals surface area (Å²) in [5.41, 5.74) is 5.91. The lowest BCUT2D eigenvalue weighted by molar-refractivity contribution is 0.102. The number of carbonyl (C=O) groups excluding carboxylic acids is 1. The van der Waals surface area contributed by atoms with Crippen LogP contribution in [0, 0.1) is 24.2 Å². The van der Waals surface area contributed by atoms with E-state index in [1.165, 1.54) is 24.0 Å². The second-order valence-corrected chi connectivity index (χ2v) is 8.48. The van der Waals surface area contributed by atoms with Crippen LogP contribution in [-0.4, -0.2) is 15.7 Å². The summed E-state index contributed by atoms with van der Waals surface area (Å²) in [5.74, 6) is 2.86. The molecule has 0 aliphatic heterocycles. The predicted molar refractivity (Wildman–Crippen MR) is 97.8 cm³/mol. The lowest BCUT2D eigenvalue weighted by Crippen LogP contribution is -2.16. The topological polar surface area (TPSA) is 46.9 Å². The van der Waals surface area contributed by atoms with Crippen molar-refractivity contribution in [1.82, 2.24) is 9.78 Å². The third-order valence-corrected chi connectivity index (χ3v) is 7.20. The van der Waals surface area contributed by atoms with Crippen LogP contribution in [0.4, 0.5) is 5.69 Å². The molecule has 0 radical (unpaired) electrons. The molecule has 1 aromatic heterocycles. The van der Waals surface area contributed by atoms with Gasteiger partial charge >= 0.3 is 0 Å². The number of fused-ring (bicyclic) bond motifs is 4. The van der Waals surface area contributed by atoms with Crippen LogP contribution < -0.4 is 5.32 Å². The first-order chi connectivity index (χ1) is 11.9. The molecule has 3 aliphatic carbocycles. The minimum absolute atomic E-state index is 0.0484. The Labute approximate surface area is 148 Å². The van der Waals surface area contributed by atoms with Gasteiger partial charge in [-0.1, -0.05) is 26.0 Å². The molecular weight excluding hydrogens is 310 g/mol. The van der Waals surface area contributed by atoms with E-state index in [-0.39, 0.29) is 5.91 Å². The van der Waals surface area contributed by atoms with Crippen molar-refractivity contribution in [3.63, 3.8) is 0 Å². The van der Waals surface area contributed by atoms with Gasteiger partial charge in [-0.3, -0.25) is 9.48 Å². The fourth-order valence-electron chi connectivity index (χ4n) is 6.23. The van der Waals surface area contributed by atoms with Gasteiger partial charge in [-0.2, -0.15) is 5.10 Å².